The third-order valence-electron chi connectivity index (χ3n) is 3.43. The predicted octanol–water partition coefficient (Wildman–Crippen LogP) is 1.46. The molecule has 0 amide bonds. The first-order valence-electron chi connectivity index (χ1n) is 7.19. The third kappa shape index (κ3) is 5.17. The number of nitriles is 1. The lowest BCUT2D eigenvalue weighted by molar-refractivity contribution is 0.443. The van der Waals surface area contributed by atoms with E-state index in [2.05, 4.69) is 4.74 Å². The van der Waals surface area contributed by atoms with Gasteiger partial charge in [-0.3, -0.25) is 13.7 Å². The molecule has 0 radical (unpaired) electrons. The summed E-state index contributed by atoms with van der Waals surface area (Å²) in [6, 6.07) is 6.66. The van der Waals surface area contributed by atoms with Gasteiger partial charge in [-0.1, -0.05) is 36.4 Å². The summed E-state index contributed by atoms with van der Waals surface area (Å²) in [7, 11) is -14.8. The maximum Gasteiger partial charge on any atom is 0.298 e. The summed E-state index contributed by atoms with van der Waals surface area (Å²) >= 11 is 0. The summed E-state index contributed by atoms with van der Waals surface area (Å²) < 4.78 is 102. The highest BCUT2D eigenvalue weighted by molar-refractivity contribution is 7.87. The Morgan fingerprint density at radius 1 is 0.759 bits per heavy atom. The lowest BCUT2D eigenvalue weighted by Gasteiger charge is -2.11. The highest BCUT2D eigenvalue weighted by atomic mass is 32.2. The van der Waals surface area contributed by atoms with E-state index in [9.17, 15) is 38.9 Å². The molecule has 0 heterocycles. The number of hydrogen-bond donors (Lipinski definition) is 3. The highest BCUT2D eigenvalue weighted by Gasteiger charge is 2.29. The molecule has 0 aliphatic heterocycles. The van der Waals surface area contributed by atoms with Crippen molar-refractivity contribution in [2.45, 2.75) is 14.7 Å². The average Bonchev–Trinajstić information content (AvgIpc) is 2.57. The quantitative estimate of drug-likeness (QED) is 0.320. The molecule has 0 aliphatic rings. The van der Waals surface area contributed by atoms with Gasteiger partial charge in [0.25, 0.3) is 36.6 Å². The van der Waals surface area contributed by atoms with Crippen molar-refractivity contribution in [3.63, 3.8) is 0 Å². The van der Waals surface area contributed by atoms with Gasteiger partial charge >= 0.3 is 0 Å². The van der Waals surface area contributed by atoms with Crippen molar-refractivity contribution in [1.82, 2.24) is 0 Å². The van der Waals surface area contributed by atoms with E-state index in [4.69, 9.17) is 5.26 Å². The third-order valence-corrected chi connectivity index (χ3v) is 6.17. The van der Waals surface area contributed by atoms with Gasteiger partial charge in [-0.25, -0.2) is 0 Å². The first-order chi connectivity index (χ1) is 13.3. The second kappa shape index (κ2) is 7.91. The second-order valence-electron chi connectivity index (χ2n) is 5.30. The van der Waals surface area contributed by atoms with Gasteiger partial charge in [-0.15, -0.1) is 5.26 Å². The zero-order valence-corrected chi connectivity index (χ0v) is 16.4. The van der Waals surface area contributed by atoms with Crippen molar-refractivity contribution in [2.75, 3.05) is 0 Å². The first kappa shape index (κ1) is 22.5. The molecule has 0 fully saturated rings. The van der Waals surface area contributed by atoms with E-state index in [1.165, 1.54) is 18.2 Å². The molecule has 154 valence electrons. The van der Waals surface area contributed by atoms with Crippen LogP contribution in [0.15, 0.2) is 51.1 Å². The number of nitrogens with zero attached hydrogens (tertiary/aromatic N) is 1. The Bertz CT molecular complexity index is 1350. The van der Waals surface area contributed by atoms with Crippen molar-refractivity contribution in [1.29, 1.82) is 5.26 Å². The SMILES string of the molecule is N#COc1c(S(=O)(=O)O)ccc(C=Cc2ccccc2S(=O)(=O)O)c1S(=O)(=O)O. The van der Waals surface area contributed by atoms with Gasteiger partial charge in [-0.2, -0.15) is 25.3 Å². The topological polar surface area (TPSA) is 196 Å². The normalized spacial score (nSPS) is 12.6. The fourth-order valence-corrected chi connectivity index (χ4v) is 4.52. The summed E-state index contributed by atoms with van der Waals surface area (Å²) in [5, 5.41) is 8.69. The van der Waals surface area contributed by atoms with Crippen LogP contribution in [0.3, 0.4) is 0 Å². The summed E-state index contributed by atoms with van der Waals surface area (Å²) in [5.74, 6) is -1.15. The molecule has 0 aliphatic carbocycles. The number of benzene rings is 2. The summed E-state index contributed by atoms with van der Waals surface area (Å²) in [5.41, 5.74) is -0.479. The van der Waals surface area contributed by atoms with E-state index >= 15 is 0 Å². The zero-order chi connectivity index (χ0) is 22.0. The minimum atomic E-state index is -5.18. The van der Waals surface area contributed by atoms with Crippen LogP contribution in [-0.2, 0) is 30.4 Å². The van der Waals surface area contributed by atoms with E-state index < -0.39 is 56.4 Å². The molecule has 3 N–H and O–H groups in total. The van der Waals surface area contributed by atoms with Gasteiger partial charge in [0.05, 0.1) is 0 Å². The summed E-state index contributed by atoms with van der Waals surface area (Å²) in [6.45, 7) is 0. The Balaban J connectivity index is 2.81. The summed E-state index contributed by atoms with van der Waals surface area (Å²) in [6.07, 6.45) is 3.07. The Morgan fingerprint density at radius 2 is 1.31 bits per heavy atom. The van der Waals surface area contributed by atoms with Crippen molar-refractivity contribution in [3.8, 4) is 12.0 Å². The molecule has 0 unspecified atom stereocenters. The molecule has 2 aromatic rings. The van der Waals surface area contributed by atoms with Crippen LogP contribution in [0, 0.1) is 11.5 Å². The molecule has 2 rings (SSSR count). The molecular formula is C15H11NO10S3. The highest BCUT2D eigenvalue weighted by Crippen LogP contribution is 2.35. The lowest BCUT2D eigenvalue weighted by atomic mass is 10.1. The molecule has 14 heteroatoms. The fourth-order valence-electron chi connectivity index (χ4n) is 2.34. The lowest BCUT2D eigenvalue weighted by Crippen LogP contribution is -2.09. The van der Waals surface area contributed by atoms with Crippen molar-refractivity contribution >= 4 is 42.5 Å². The van der Waals surface area contributed by atoms with Gasteiger partial charge in [-0.05, 0) is 23.3 Å². The fraction of sp³-hybridized carbons (Fsp3) is 0. The molecule has 0 saturated carbocycles. The van der Waals surface area contributed by atoms with Crippen molar-refractivity contribution in [2.24, 2.45) is 0 Å². The van der Waals surface area contributed by atoms with Crippen LogP contribution >= 0.6 is 0 Å². The van der Waals surface area contributed by atoms with Crippen molar-refractivity contribution < 1.29 is 43.6 Å². The number of rotatable bonds is 6. The molecule has 0 aromatic heterocycles. The van der Waals surface area contributed by atoms with Crippen LogP contribution in [0.1, 0.15) is 11.1 Å². The Labute approximate surface area is 165 Å². The maximum atomic E-state index is 11.8. The predicted molar refractivity (Wildman–Crippen MR) is 97.5 cm³/mol. The molecule has 29 heavy (non-hydrogen) atoms. The smallest absolute Gasteiger partial charge is 0.298 e. The van der Waals surface area contributed by atoms with E-state index in [1.54, 1.807) is 0 Å². The average molecular weight is 461 g/mol. The zero-order valence-electron chi connectivity index (χ0n) is 14.0. The van der Waals surface area contributed by atoms with Gasteiger partial charge in [0, 0.05) is 0 Å². The van der Waals surface area contributed by atoms with Gasteiger partial charge in [0.15, 0.2) is 5.75 Å². The van der Waals surface area contributed by atoms with Gasteiger partial charge in [0.2, 0.25) is 0 Å². The Morgan fingerprint density at radius 3 is 1.83 bits per heavy atom. The maximum absolute atomic E-state index is 11.8. The summed E-state index contributed by atoms with van der Waals surface area (Å²) in [4.78, 5) is -2.76. The van der Waals surface area contributed by atoms with Crippen molar-refractivity contribution in [3.05, 3.63) is 47.5 Å². The molecule has 0 saturated heterocycles. The number of hydrogen-bond acceptors (Lipinski definition) is 8. The van der Waals surface area contributed by atoms with Crippen LogP contribution < -0.4 is 4.74 Å². The van der Waals surface area contributed by atoms with Crippen LogP contribution in [-0.4, -0.2) is 38.9 Å². The van der Waals surface area contributed by atoms with E-state index in [-0.39, 0.29) is 5.56 Å². The minimum Gasteiger partial charge on any atom is -0.385 e. The largest absolute Gasteiger partial charge is 0.385 e. The van der Waals surface area contributed by atoms with Crippen LogP contribution in [0.25, 0.3) is 12.2 Å². The van der Waals surface area contributed by atoms with Crippen LogP contribution in [0.4, 0.5) is 0 Å². The molecule has 2 aromatic carbocycles. The van der Waals surface area contributed by atoms with E-state index in [0.29, 0.717) is 6.07 Å². The molecule has 0 bridgehead atoms. The minimum absolute atomic E-state index is 0.0714. The first-order valence-corrected chi connectivity index (χ1v) is 11.5. The number of ether oxygens (including phenoxy) is 1. The van der Waals surface area contributed by atoms with E-state index in [1.807, 2.05) is 0 Å². The van der Waals surface area contributed by atoms with Crippen LogP contribution in [0.5, 0.6) is 5.75 Å². The molecule has 0 spiro atoms. The van der Waals surface area contributed by atoms with Crippen LogP contribution in [0.2, 0.25) is 0 Å². The standard InChI is InChI=1S/C15H11NO10S3/c16-9-26-14-13(28(20,21)22)8-7-11(15(14)29(23,24)25)6-5-10-3-1-2-4-12(10)27(17,18)19/h1-8H,(H,17,18,19)(H,20,21,22)(H,23,24,25). The molecule has 11 nitrogen and oxygen atoms in total. The van der Waals surface area contributed by atoms with Gasteiger partial charge in [0.1, 0.15) is 14.7 Å². The Hall–Kier alpha value is -2.80. The molecular weight excluding hydrogens is 450 g/mol. The van der Waals surface area contributed by atoms with E-state index in [0.717, 1.165) is 30.5 Å². The monoisotopic (exact) mass is 461 g/mol. The second-order valence-corrected chi connectivity index (χ2v) is 9.44. The van der Waals surface area contributed by atoms with Gasteiger partial charge < -0.3 is 4.74 Å². The Kier molecular flexibility index (Phi) is 6.13. The molecule has 0 atom stereocenters.